The minimum Gasteiger partial charge on any atom is -0.485 e. The maximum absolute atomic E-state index is 12.4. The van der Waals surface area contributed by atoms with Crippen molar-refractivity contribution < 1.29 is 19.1 Å². The van der Waals surface area contributed by atoms with E-state index >= 15 is 0 Å². The van der Waals surface area contributed by atoms with Gasteiger partial charge in [0, 0.05) is 15.9 Å². The zero-order chi connectivity index (χ0) is 21.6. The molecule has 0 unspecified atom stereocenters. The molecule has 1 atom stereocenters. The average molecular weight is 482 g/mol. The van der Waals surface area contributed by atoms with Gasteiger partial charge in [-0.2, -0.15) is 0 Å². The second-order valence-corrected chi connectivity index (χ2v) is 9.30. The Morgan fingerprint density at radius 2 is 1.83 bits per heavy atom. The molecule has 0 radical (unpaired) electrons. The summed E-state index contributed by atoms with van der Waals surface area (Å²) in [6.45, 7) is 8.65. The molecule has 0 fully saturated rings. The van der Waals surface area contributed by atoms with Crippen molar-refractivity contribution in [2.45, 2.75) is 46.6 Å². The number of amides is 1. The summed E-state index contributed by atoms with van der Waals surface area (Å²) in [6.07, 6.45) is 0.872. The van der Waals surface area contributed by atoms with Gasteiger partial charge >= 0.3 is 5.97 Å². The molecule has 1 N–H and O–H groups in total. The molecule has 29 heavy (non-hydrogen) atoms. The number of hydrogen-bond donors (Lipinski definition) is 1. The van der Waals surface area contributed by atoms with Crippen LogP contribution in [0.4, 0.5) is 0 Å². The number of methoxy groups -OCH3 is 1. The summed E-state index contributed by atoms with van der Waals surface area (Å²) >= 11 is 5.02. The molecule has 5 nitrogen and oxygen atoms in total. The van der Waals surface area contributed by atoms with Gasteiger partial charge in [-0.1, -0.05) is 29.8 Å². The maximum Gasteiger partial charge on any atom is 0.307 e. The Kier molecular flexibility index (Phi) is 8.71. The molecule has 2 aromatic rings. The number of aryl methyl sites for hydroxylation is 2. The highest BCUT2D eigenvalue weighted by molar-refractivity contribution is 9.10. The van der Waals surface area contributed by atoms with Gasteiger partial charge in [-0.3, -0.25) is 9.59 Å². The van der Waals surface area contributed by atoms with Gasteiger partial charge in [-0.05, 0) is 61.6 Å². The van der Waals surface area contributed by atoms with E-state index in [9.17, 15) is 9.59 Å². The Morgan fingerprint density at radius 1 is 1.17 bits per heavy atom. The molecule has 0 saturated carbocycles. The smallest absolute Gasteiger partial charge is 0.307 e. The molecule has 1 aromatic heterocycles. The number of nitrogens with one attached hydrogen (secondary N) is 1. The van der Waals surface area contributed by atoms with Gasteiger partial charge in [0.1, 0.15) is 11.9 Å². The minimum atomic E-state index is -0.345. The van der Waals surface area contributed by atoms with E-state index in [0.717, 1.165) is 32.6 Å². The molecular formula is C22H28BrNO4S. The van der Waals surface area contributed by atoms with Crippen LogP contribution in [0.1, 0.15) is 58.5 Å². The summed E-state index contributed by atoms with van der Waals surface area (Å²) in [5, 5.41) is 2.75. The standard InChI is InChI=1S/C22H28BrNO4S/c1-13(2)10-17(28-16-11-14(3)21(23)15(4)12-16)18-6-7-19(29-18)22(26)24-9-8-20(25)27-5/h6-7,11-13,17H,8-10H2,1-5H3,(H,24,26)/t17-/m1/s1. The summed E-state index contributed by atoms with van der Waals surface area (Å²) in [4.78, 5) is 25.1. The lowest BCUT2D eigenvalue weighted by Gasteiger charge is -2.21. The predicted molar refractivity (Wildman–Crippen MR) is 120 cm³/mol. The fraction of sp³-hybridized carbons (Fsp3) is 0.455. The number of carbonyl (C=O) groups excluding carboxylic acids is 2. The lowest BCUT2D eigenvalue weighted by molar-refractivity contribution is -0.140. The largest absolute Gasteiger partial charge is 0.485 e. The van der Waals surface area contributed by atoms with Crippen molar-refractivity contribution in [2.75, 3.05) is 13.7 Å². The van der Waals surface area contributed by atoms with Gasteiger partial charge in [0.25, 0.3) is 5.91 Å². The van der Waals surface area contributed by atoms with Crippen LogP contribution in [-0.2, 0) is 9.53 Å². The number of rotatable bonds is 9. The van der Waals surface area contributed by atoms with Crippen molar-refractivity contribution >= 4 is 39.1 Å². The van der Waals surface area contributed by atoms with Gasteiger partial charge in [0.2, 0.25) is 0 Å². The van der Waals surface area contributed by atoms with E-state index < -0.39 is 0 Å². The normalized spacial score (nSPS) is 12.0. The second-order valence-electron chi connectivity index (χ2n) is 7.39. The first-order valence-corrected chi connectivity index (χ1v) is 11.2. The second kappa shape index (κ2) is 10.8. The Bertz CT molecular complexity index is 839. The Labute approximate surface area is 184 Å². The number of halogens is 1. The number of hydrogen-bond acceptors (Lipinski definition) is 5. The van der Waals surface area contributed by atoms with Crippen LogP contribution in [0.15, 0.2) is 28.7 Å². The zero-order valence-electron chi connectivity index (χ0n) is 17.5. The summed E-state index contributed by atoms with van der Waals surface area (Å²) in [5.74, 6) is 0.731. The lowest BCUT2D eigenvalue weighted by Crippen LogP contribution is -2.25. The van der Waals surface area contributed by atoms with E-state index in [1.54, 1.807) is 0 Å². The molecule has 0 bridgehead atoms. The van der Waals surface area contributed by atoms with E-state index in [-0.39, 0.29) is 30.9 Å². The summed E-state index contributed by atoms with van der Waals surface area (Å²) in [5.41, 5.74) is 2.25. The molecule has 0 aliphatic heterocycles. The first-order chi connectivity index (χ1) is 13.7. The van der Waals surface area contributed by atoms with Gasteiger partial charge < -0.3 is 14.8 Å². The Morgan fingerprint density at radius 3 is 2.41 bits per heavy atom. The molecule has 0 saturated heterocycles. The molecule has 7 heteroatoms. The fourth-order valence-corrected chi connectivity index (χ4v) is 4.10. The van der Waals surface area contributed by atoms with Crippen LogP contribution in [-0.4, -0.2) is 25.5 Å². The van der Waals surface area contributed by atoms with Crippen molar-refractivity contribution in [3.8, 4) is 5.75 Å². The maximum atomic E-state index is 12.4. The van der Waals surface area contributed by atoms with Gasteiger partial charge in [0.05, 0.1) is 18.4 Å². The van der Waals surface area contributed by atoms with E-state index in [2.05, 4.69) is 39.8 Å². The molecule has 158 valence electrons. The number of esters is 1. The highest BCUT2D eigenvalue weighted by Crippen LogP contribution is 2.34. The monoisotopic (exact) mass is 481 g/mol. The first-order valence-electron chi connectivity index (χ1n) is 9.59. The third-order valence-electron chi connectivity index (χ3n) is 4.38. The Hall–Kier alpha value is -1.86. The van der Waals surface area contributed by atoms with Crippen LogP contribution in [0, 0.1) is 19.8 Å². The molecular weight excluding hydrogens is 454 g/mol. The average Bonchev–Trinajstić information content (AvgIpc) is 3.15. The summed E-state index contributed by atoms with van der Waals surface area (Å²) < 4.78 is 12.0. The van der Waals surface area contributed by atoms with Crippen LogP contribution in [0.3, 0.4) is 0 Å². The topological polar surface area (TPSA) is 64.6 Å². The molecule has 0 spiro atoms. The highest BCUT2D eigenvalue weighted by Gasteiger charge is 2.20. The SMILES string of the molecule is COC(=O)CCNC(=O)c1ccc([C@@H](CC(C)C)Oc2cc(C)c(Br)c(C)c2)s1. The van der Waals surface area contributed by atoms with Crippen LogP contribution >= 0.6 is 27.3 Å². The third kappa shape index (κ3) is 6.85. The molecule has 0 aliphatic carbocycles. The molecule has 2 rings (SSSR count). The number of carbonyl (C=O) groups is 2. The van der Waals surface area contributed by atoms with Crippen molar-refractivity contribution in [1.82, 2.24) is 5.32 Å². The predicted octanol–water partition coefficient (Wildman–Crippen LogP) is 5.59. The van der Waals surface area contributed by atoms with Gasteiger partial charge in [0.15, 0.2) is 0 Å². The van der Waals surface area contributed by atoms with E-state index in [0.29, 0.717) is 10.8 Å². The van der Waals surface area contributed by atoms with Crippen LogP contribution in [0.5, 0.6) is 5.75 Å². The zero-order valence-corrected chi connectivity index (χ0v) is 19.9. The summed E-state index contributed by atoms with van der Waals surface area (Å²) in [7, 11) is 1.33. The fourth-order valence-electron chi connectivity index (χ4n) is 2.90. The van der Waals surface area contributed by atoms with E-state index in [1.165, 1.54) is 18.4 Å². The lowest BCUT2D eigenvalue weighted by atomic mass is 10.0. The van der Waals surface area contributed by atoms with E-state index in [4.69, 9.17) is 4.74 Å². The van der Waals surface area contributed by atoms with Gasteiger partial charge in [-0.25, -0.2) is 0 Å². The highest BCUT2D eigenvalue weighted by atomic mass is 79.9. The van der Waals surface area contributed by atoms with Crippen molar-refractivity contribution in [1.29, 1.82) is 0 Å². The first kappa shape index (κ1) is 23.4. The molecule has 0 aliphatic rings. The number of ether oxygens (including phenoxy) is 2. The van der Waals surface area contributed by atoms with Crippen molar-refractivity contribution in [3.05, 3.63) is 49.6 Å². The van der Waals surface area contributed by atoms with Gasteiger partial charge in [-0.15, -0.1) is 11.3 Å². The molecule has 1 aromatic carbocycles. The number of benzene rings is 1. The van der Waals surface area contributed by atoms with E-state index in [1.807, 2.05) is 38.1 Å². The minimum absolute atomic E-state index is 0.128. The third-order valence-corrected chi connectivity index (χ3v) is 6.81. The van der Waals surface area contributed by atoms with Crippen LogP contribution < -0.4 is 10.1 Å². The van der Waals surface area contributed by atoms with Crippen LogP contribution in [0.25, 0.3) is 0 Å². The van der Waals surface area contributed by atoms with Crippen molar-refractivity contribution in [2.24, 2.45) is 5.92 Å². The molecule has 1 heterocycles. The van der Waals surface area contributed by atoms with Crippen molar-refractivity contribution in [3.63, 3.8) is 0 Å². The number of thiophene rings is 1. The Balaban J connectivity index is 2.13. The molecule has 1 amide bonds. The summed E-state index contributed by atoms with van der Waals surface area (Å²) in [6, 6.07) is 7.81. The quantitative estimate of drug-likeness (QED) is 0.474. The van der Waals surface area contributed by atoms with Crippen LogP contribution in [0.2, 0.25) is 0 Å².